The quantitative estimate of drug-likeness (QED) is 0.763. The molecule has 19 heavy (non-hydrogen) atoms. The second kappa shape index (κ2) is 6.20. The van der Waals surface area contributed by atoms with Gasteiger partial charge in [-0.2, -0.15) is 0 Å². The fraction of sp³-hybridized carbons (Fsp3) is 0.562. The minimum absolute atomic E-state index is 0.246. The van der Waals surface area contributed by atoms with Gasteiger partial charge in [0.05, 0.1) is 7.11 Å². The summed E-state index contributed by atoms with van der Waals surface area (Å²) in [6, 6.07) is 3.79. The van der Waals surface area contributed by atoms with Crippen LogP contribution in [0.15, 0.2) is 12.1 Å². The topological polar surface area (TPSA) is 29.5 Å². The molecule has 0 unspecified atom stereocenters. The monoisotopic (exact) mass is 261 g/mol. The predicted octanol–water partition coefficient (Wildman–Crippen LogP) is 2.98. The summed E-state index contributed by atoms with van der Waals surface area (Å²) < 4.78 is 5.28. The van der Waals surface area contributed by atoms with Crippen molar-refractivity contribution in [1.82, 2.24) is 4.90 Å². The maximum Gasteiger partial charge on any atom is 0.164 e. The van der Waals surface area contributed by atoms with Crippen LogP contribution in [0.1, 0.15) is 40.7 Å². The molecule has 1 heterocycles. The summed E-state index contributed by atoms with van der Waals surface area (Å²) in [7, 11) is 1.66. The van der Waals surface area contributed by atoms with Gasteiger partial charge in [-0.05, 0) is 63.0 Å². The first-order chi connectivity index (χ1) is 9.13. The second-order valence-electron chi connectivity index (χ2n) is 5.29. The van der Waals surface area contributed by atoms with Gasteiger partial charge in [-0.3, -0.25) is 4.79 Å². The maximum atomic E-state index is 12.3. The van der Waals surface area contributed by atoms with Gasteiger partial charge in [0.2, 0.25) is 0 Å². The van der Waals surface area contributed by atoms with Gasteiger partial charge >= 0.3 is 0 Å². The molecule has 0 N–H and O–H groups in total. The number of ether oxygens (including phenoxy) is 1. The van der Waals surface area contributed by atoms with Crippen LogP contribution in [-0.4, -0.2) is 37.4 Å². The Kier molecular flexibility index (Phi) is 4.59. The minimum atomic E-state index is 0.246. The van der Waals surface area contributed by atoms with Crippen LogP contribution in [0.5, 0.6) is 5.75 Å². The molecule has 1 saturated heterocycles. The number of ketones is 1. The Labute approximate surface area is 115 Å². The highest BCUT2D eigenvalue weighted by Gasteiger charge is 2.16. The number of carbonyl (C=O) groups excluding carboxylic acids is 1. The number of rotatable bonds is 5. The Morgan fingerprint density at radius 3 is 2.53 bits per heavy atom. The van der Waals surface area contributed by atoms with E-state index in [2.05, 4.69) is 4.90 Å². The molecule has 0 radical (unpaired) electrons. The molecule has 0 saturated carbocycles. The molecule has 1 aliphatic heterocycles. The molecule has 0 amide bonds. The number of methoxy groups -OCH3 is 1. The molecular weight excluding hydrogens is 238 g/mol. The molecular formula is C16H23NO2. The normalized spacial score (nSPS) is 15.7. The van der Waals surface area contributed by atoms with Crippen molar-refractivity contribution in [3.63, 3.8) is 0 Å². The lowest BCUT2D eigenvalue weighted by Gasteiger charge is -2.15. The molecule has 3 heteroatoms. The number of hydrogen-bond acceptors (Lipinski definition) is 3. The molecule has 0 bridgehead atoms. The van der Waals surface area contributed by atoms with Gasteiger partial charge < -0.3 is 9.64 Å². The Morgan fingerprint density at radius 1 is 1.21 bits per heavy atom. The standard InChI is InChI=1S/C16H23NO2/c1-12-13(2)16(19-3)7-6-14(12)15(18)8-11-17-9-4-5-10-17/h6-7H,4-5,8-11H2,1-3H3. The van der Waals surface area contributed by atoms with E-state index in [1.165, 1.54) is 12.8 Å². The zero-order valence-corrected chi connectivity index (χ0v) is 12.2. The van der Waals surface area contributed by atoms with E-state index in [1.54, 1.807) is 7.11 Å². The molecule has 2 rings (SSSR count). The number of benzene rings is 1. The van der Waals surface area contributed by atoms with Gasteiger partial charge in [-0.15, -0.1) is 0 Å². The molecule has 0 atom stereocenters. The Hall–Kier alpha value is -1.35. The van der Waals surface area contributed by atoms with Crippen LogP contribution in [0.25, 0.3) is 0 Å². The summed E-state index contributed by atoms with van der Waals surface area (Å²) in [6.07, 6.45) is 3.16. The zero-order chi connectivity index (χ0) is 13.8. The van der Waals surface area contributed by atoms with Crippen molar-refractivity contribution < 1.29 is 9.53 Å². The molecule has 3 nitrogen and oxygen atoms in total. The van der Waals surface area contributed by atoms with Crippen LogP contribution < -0.4 is 4.74 Å². The van der Waals surface area contributed by atoms with Crippen LogP contribution in [-0.2, 0) is 0 Å². The molecule has 0 aliphatic carbocycles. The summed E-state index contributed by atoms with van der Waals surface area (Å²) in [5, 5.41) is 0. The van der Waals surface area contributed by atoms with Gasteiger partial charge in [0.1, 0.15) is 5.75 Å². The Bertz CT molecular complexity index is 462. The van der Waals surface area contributed by atoms with Crippen molar-refractivity contribution >= 4 is 5.78 Å². The average Bonchev–Trinajstić information content (AvgIpc) is 2.92. The number of nitrogens with zero attached hydrogens (tertiary/aromatic N) is 1. The Morgan fingerprint density at radius 2 is 1.89 bits per heavy atom. The summed E-state index contributed by atoms with van der Waals surface area (Å²) in [6.45, 7) is 7.19. The van der Waals surface area contributed by atoms with Gasteiger partial charge in [-0.1, -0.05) is 0 Å². The van der Waals surface area contributed by atoms with Crippen LogP contribution in [0.3, 0.4) is 0 Å². The molecule has 1 aromatic carbocycles. The third-order valence-electron chi connectivity index (χ3n) is 4.11. The Balaban J connectivity index is 2.04. The van der Waals surface area contributed by atoms with E-state index in [4.69, 9.17) is 4.74 Å². The third kappa shape index (κ3) is 3.16. The largest absolute Gasteiger partial charge is 0.496 e. The summed E-state index contributed by atoms with van der Waals surface area (Å²) in [5.74, 6) is 1.10. The maximum absolute atomic E-state index is 12.3. The lowest BCUT2D eigenvalue weighted by molar-refractivity contribution is 0.0968. The molecule has 0 spiro atoms. The van der Waals surface area contributed by atoms with Gasteiger partial charge in [0.15, 0.2) is 5.78 Å². The highest BCUT2D eigenvalue weighted by molar-refractivity contribution is 5.98. The van der Waals surface area contributed by atoms with Crippen molar-refractivity contribution in [3.8, 4) is 5.75 Å². The molecule has 1 aliphatic rings. The van der Waals surface area contributed by atoms with E-state index in [9.17, 15) is 4.79 Å². The highest BCUT2D eigenvalue weighted by atomic mass is 16.5. The van der Waals surface area contributed by atoms with E-state index >= 15 is 0 Å². The van der Waals surface area contributed by atoms with Crippen LogP contribution in [0.4, 0.5) is 0 Å². The highest BCUT2D eigenvalue weighted by Crippen LogP contribution is 2.24. The molecule has 0 aromatic heterocycles. The molecule has 1 fully saturated rings. The van der Waals surface area contributed by atoms with E-state index in [1.807, 2.05) is 26.0 Å². The first kappa shape index (κ1) is 14.1. The fourth-order valence-electron chi connectivity index (χ4n) is 2.72. The number of carbonyl (C=O) groups is 1. The lowest BCUT2D eigenvalue weighted by atomic mass is 9.98. The van der Waals surface area contributed by atoms with Gasteiger partial charge in [0, 0.05) is 18.5 Å². The summed E-state index contributed by atoms with van der Waals surface area (Å²) in [4.78, 5) is 14.7. The number of likely N-dealkylation sites (tertiary alicyclic amines) is 1. The second-order valence-corrected chi connectivity index (χ2v) is 5.29. The first-order valence-corrected chi connectivity index (χ1v) is 7.03. The minimum Gasteiger partial charge on any atom is -0.496 e. The zero-order valence-electron chi connectivity index (χ0n) is 12.2. The van der Waals surface area contributed by atoms with Crippen molar-refractivity contribution in [1.29, 1.82) is 0 Å². The summed E-state index contributed by atoms with van der Waals surface area (Å²) >= 11 is 0. The van der Waals surface area contributed by atoms with Crippen LogP contribution in [0, 0.1) is 13.8 Å². The number of Topliss-reactive ketones (excluding diaryl/α,β-unsaturated/α-hetero) is 1. The third-order valence-corrected chi connectivity index (χ3v) is 4.11. The van der Waals surface area contributed by atoms with Crippen molar-refractivity contribution in [3.05, 3.63) is 28.8 Å². The first-order valence-electron chi connectivity index (χ1n) is 7.03. The lowest BCUT2D eigenvalue weighted by Crippen LogP contribution is -2.23. The van der Waals surface area contributed by atoms with Crippen molar-refractivity contribution in [2.75, 3.05) is 26.7 Å². The summed E-state index contributed by atoms with van der Waals surface area (Å²) in [5.41, 5.74) is 2.96. The van der Waals surface area contributed by atoms with E-state index in [0.717, 1.165) is 42.1 Å². The van der Waals surface area contributed by atoms with Gasteiger partial charge in [0.25, 0.3) is 0 Å². The smallest absolute Gasteiger partial charge is 0.164 e. The number of hydrogen-bond donors (Lipinski definition) is 0. The van der Waals surface area contributed by atoms with Crippen LogP contribution >= 0.6 is 0 Å². The van der Waals surface area contributed by atoms with E-state index in [-0.39, 0.29) is 5.78 Å². The van der Waals surface area contributed by atoms with Crippen LogP contribution in [0.2, 0.25) is 0 Å². The average molecular weight is 261 g/mol. The van der Waals surface area contributed by atoms with Crippen molar-refractivity contribution in [2.24, 2.45) is 0 Å². The van der Waals surface area contributed by atoms with E-state index < -0.39 is 0 Å². The molecule has 1 aromatic rings. The fourth-order valence-corrected chi connectivity index (χ4v) is 2.72. The predicted molar refractivity (Wildman–Crippen MR) is 77.1 cm³/mol. The van der Waals surface area contributed by atoms with Gasteiger partial charge in [-0.25, -0.2) is 0 Å². The van der Waals surface area contributed by atoms with Crippen molar-refractivity contribution in [2.45, 2.75) is 33.1 Å². The van der Waals surface area contributed by atoms with E-state index in [0.29, 0.717) is 6.42 Å². The SMILES string of the molecule is COc1ccc(C(=O)CCN2CCCC2)c(C)c1C. The molecule has 104 valence electrons.